The molecule has 0 aromatic heterocycles. The Morgan fingerprint density at radius 2 is 1.95 bits per heavy atom. The highest BCUT2D eigenvalue weighted by Gasteiger charge is 2.46. The zero-order valence-electron chi connectivity index (χ0n) is 12.7. The van der Waals surface area contributed by atoms with E-state index < -0.39 is 0 Å². The van der Waals surface area contributed by atoms with Gasteiger partial charge in [-0.3, -0.25) is 0 Å². The van der Waals surface area contributed by atoms with Crippen molar-refractivity contribution in [1.29, 1.82) is 0 Å². The first kappa shape index (κ1) is 14.1. The fourth-order valence-corrected chi connectivity index (χ4v) is 4.09. The predicted octanol–water partition coefficient (Wildman–Crippen LogP) is 4.90. The van der Waals surface area contributed by atoms with Crippen molar-refractivity contribution in [2.45, 2.75) is 70.9 Å². The first-order chi connectivity index (χ1) is 9.61. The van der Waals surface area contributed by atoms with E-state index in [1.165, 1.54) is 44.9 Å². The van der Waals surface area contributed by atoms with Crippen LogP contribution < -0.4 is 5.32 Å². The topological polar surface area (TPSA) is 12.0 Å². The van der Waals surface area contributed by atoms with Gasteiger partial charge in [0.15, 0.2) is 0 Å². The van der Waals surface area contributed by atoms with Gasteiger partial charge in [-0.05, 0) is 62.1 Å². The molecule has 0 amide bonds. The van der Waals surface area contributed by atoms with Gasteiger partial charge in [0, 0.05) is 12.1 Å². The molecule has 0 radical (unpaired) electrons. The molecule has 0 heterocycles. The molecule has 0 aliphatic heterocycles. The Labute approximate surface area is 122 Å². The molecule has 1 aromatic carbocycles. The van der Waals surface area contributed by atoms with Crippen LogP contribution in [0.4, 0.5) is 4.39 Å². The highest BCUT2D eigenvalue weighted by molar-refractivity contribution is 5.25. The standard InChI is InChI=1S/C18H26FN/c1-13-6-7-15(12-16(13)19)14(2)20-17-8-11-18(17)9-4-3-5-10-18/h6-7,12,14,17,20H,3-5,8-11H2,1-2H3. The first-order valence-electron chi connectivity index (χ1n) is 8.13. The minimum atomic E-state index is -0.0860. The van der Waals surface area contributed by atoms with Gasteiger partial charge in [-0.2, -0.15) is 0 Å². The Morgan fingerprint density at radius 3 is 2.55 bits per heavy atom. The average Bonchev–Trinajstić information content (AvgIpc) is 2.47. The predicted molar refractivity (Wildman–Crippen MR) is 81.2 cm³/mol. The lowest BCUT2D eigenvalue weighted by molar-refractivity contribution is 0.0174. The summed E-state index contributed by atoms with van der Waals surface area (Å²) in [7, 11) is 0. The molecular weight excluding hydrogens is 249 g/mol. The highest BCUT2D eigenvalue weighted by Crippen LogP contribution is 2.52. The molecule has 2 heteroatoms. The van der Waals surface area contributed by atoms with E-state index in [1.807, 2.05) is 13.0 Å². The number of halogens is 1. The monoisotopic (exact) mass is 275 g/mol. The van der Waals surface area contributed by atoms with Crippen LogP contribution in [-0.2, 0) is 0 Å². The summed E-state index contributed by atoms with van der Waals surface area (Å²) >= 11 is 0. The number of hydrogen-bond donors (Lipinski definition) is 1. The van der Waals surface area contributed by atoms with Crippen LogP contribution in [0.25, 0.3) is 0 Å². The Balaban J connectivity index is 1.66. The van der Waals surface area contributed by atoms with E-state index in [9.17, 15) is 4.39 Å². The van der Waals surface area contributed by atoms with Gasteiger partial charge >= 0.3 is 0 Å². The Bertz CT molecular complexity index is 476. The average molecular weight is 275 g/mol. The molecule has 3 rings (SSSR count). The van der Waals surface area contributed by atoms with E-state index in [1.54, 1.807) is 6.07 Å². The fourth-order valence-electron chi connectivity index (χ4n) is 4.09. The smallest absolute Gasteiger partial charge is 0.126 e. The van der Waals surface area contributed by atoms with Gasteiger partial charge < -0.3 is 5.32 Å². The molecule has 1 spiro atoms. The molecule has 20 heavy (non-hydrogen) atoms. The van der Waals surface area contributed by atoms with E-state index in [2.05, 4.69) is 18.3 Å². The summed E-state index contributed by atoms with van der Waals surface area (Å²) in [6.07, 6.45) is 9.66. The largest absolute Gasteiger partial charge is 0.307 e. The molecule has 1 nitrogen and oxygen atoms in total. The van der Waals surface area contributed by atoms with Crippen molar-refractivity contribution in [3.8, 4) is 0 Å². The third-order valence-electron chi connectivity index (χ3n) is 5.67. The first-order valence-corrected chi connectivity index (χ1v) is 8.13. The number of benzene rings is 1. The van der Waals surface area contributed by atoms with E-state index in [0.717, 1.165) is 11.1 Å². The summed E-state index contributed by atoms with van der Waals surface area (Å²) in [5, 5.41) is 3.77. The summed E-state index contributed by atoms with van der Waals surface area (Å²) in [5.74, 6) is -0.0860. The Morgan fingerprint density at radius 1 is 1.20 bits per heavy atom. The van der Waals surface area contributed by atoms with E-state index in [-0.39, 0.29) is 11.9 Å². The van der Waals surface area contributed by atoms with E-state index in [0.29, 0.717) is 11.5 Å². The van der Waals surface area contributed by atoms with Crippen LogP contribution in [0.3, 0.4) is 0 Å². The second kappa shape index (κ2) is 5.48. The van der Waals surface area contributed by atoms with Gasteiger partial charge in [-0.1, -0.05) is 31.4 Å². The third-order valence-corrected chi connectivity index (χ3v) is 5.67. The van der Waals surface area contributed by atoms with Gasteiger partial charge in [-0.25, -0.2) is 4.39 Å². The fraction of sp³-hybridized carbons (Fsp3) is 0.667. The highest BCUT2D eigenvalue weighted by atomic mass is 19.1. The molecule has 2 aliphatic carbocycles. The summed E-state index contributed by atoms with van der Waals surface area (Å²) in [5.41, 5.74) is 2.37. The lowest BCUT2D eigenvalue weighted by Gasteiger charge is -2.53. The molecule has 2 fully saturated rings. The second-order valence-electron chi connectivity index (χ2n) is 6.91. The number of rotatable bonds is 3. The quantitative estimate of drug-likeness (QED) is 0.827. The third kappa shape index (κ3) is 2.50. The minimum absolute atomic E-state index is 0.0860. The summed E-state index contributed by atoms with van der Waals surface area (Å²) in [4.78, 5) is 0. The van der Waals surface area contributed by atoms with E-state index >= 15 is 0 Å². The van der Waals surface area contributed by atoms with Gasteiger partial charge in [0.25, 0.3) is 0 Å². The second-order valence-corrected chi connectivity index (χ2v) is 6.91. The molecule has 0 bridgehead atoms. The van der Waals surface area contributed by atoms with Crippen LogP contribution in [0.1, 0.15) is 69.0 Å². The van der Waals surface area contributed by atoms with Gasteiger partial charge in [-0.15, -0.1) is 0 Å². The summed E-state index contributed by atoms with van der Waals surface area (Å²) < 4.78 is 13.7. The minimum Gasteiger partial charge on any atom is -0.307 e. The van der Waals surface area contributed by atoms with Crippen molar-refractivity contribution in [1.82, 2.24) is 5.32 Å². The number of nitrogens with one attached hydrogen (secondary N) is 1. The maximum atomic E-state index is 13.7. The van der Waals surface area contributed by atoms with Crippen LogP contribution in [0, 0.1) is 18.2 Å². The van der Waals surface area contributed by atoms with Crippen LogP contribution in [0.15, 0.2) is 18.2 Å². The molecule has 0 saturated heterocycles. The molecule has 1 aromatic rings. The van der Waals surface area contributed by atoms with Crippen molar-refractivity contribution in [3.63, 3.8) is 0 Å². The molecule has 1 N–H and O–H groups in total. The zero-order chi connectivity index (χ0) is 14.2. The molecule has 2 saturated carbocycles. The van der Waals surface area contributed by atoms with Crippen LogP contribution in [0.5, 0.6) is 0 Å². The normalized spacial score (nSPS) is 26.2. The van der Waals surface area contributed by atoms with Crippen LogP contribution in [-0.4, -0.2) is 6.04 Å². The molecule has 110 valence electrons. The van der Waals surface area contributed by atoms with Crippen molar-refractivity contribution in [2.24, 2.45) is 5.41 Å². The maximum Gasteiger partial charge on any atom is 0.126 e. The van der Waals surface area contributed by atoms with Gasteiger partial charge in [0.2, 0.25) is 0 Å². The Hall–Kier alpha value is -0.890. The SMILES string of the molecule is Cc1ccc(C(C)NC2CCC23CCCCC3)cc1F. The Kier molecular flexibility index (Phi) is 3.85. The number of hydrogen-bond acceptors (Lipinski definition) is 1. The lowest BCUT2D eigenvalue weighted by Crippen LogP contribution is -2.54. The van der Waals surface area contributed by atoms with Crippen molar-refractivity contribution < 1.29 is 4.39 Å². The van der Waals surface area contributed by atoms with Crippen molar-refractivity contribution in [2.75, 3.05) is 0 Å². The van der Waals surface area contributed by atoms with E-state index in [4.69, 9.17) is 0 Å². The van der Waals surface area contributed by atoms with Crippen LogP contribution >= 0.6 is 0 Å². The molecular formula is C18H26FN. The summed E-state index contributed by atoms with van der Waals surface area (Å²) in [6.45, 7) is 3.99. The molecule has 2 atom stereocenters. The number of aryl methyl sites for hydroxylation is 1. The van der Waals surface area contributed by atoms with Gasteiger partial charge in [0.05, 0.1) is 0 Å². The van der Waals surface area contributed by atoms with Crippen LogP contribution in [0.2, 0.25) is 0 Å². The summed E-state index contributed by atoms with van der Waals surface area (Å²) in [6, 6.07) is 6.53. The molecule has 2 aliphatic rings. The lowest BCUT2D eigenvalue weighted by atomic mass is 9.57. The van der Waals surface area contributed by atoms with Crippen molar-refractivity contribution >= 4 is 0 Å². The zero-order valence-corrected chi connectivity index (χ0v) is 12.7. The maximum absolute atomic E-state index is 13.7. The van der Waals surface area contributed by atoms with Crippen molar-refractivity contribution in [3.05, 3.63) is 35.1 Å². The van der Waals surface area contributed by atoms with Gasteiger partial charge in [0.1, 0.15) is 5.82 Å². The molecule has 2 unspecified atom stereocenters.